The van der Waals surface area contributed by atoms with Crippen molar-refractivity contribution >= 4 is 48.1 Å². The third kappa shape index (κ3) is 12.5. The molecule has 0 heterocycles. The standard InChI is InChI=1S/C48H46O18/c1-3-57-45(53)61-37-27-13-11-21-31(37)39(49)33-23-15-25-35(41(33)63-47(55)59-29-17-7-5-8-18-29)43(51)65-66-44(52)36-26-16-24-34(42(36)64-48(56)60-30-19-9-6-10-20-30)40(50)32-22-12-14-28-38(32)62-46(54)58-4-2/h11-16,21-30H,3-10,17-20H2,1-2H3. The molecule has 0 amide bonds. The molecular formula is C48H46O18. The molecule has 2 aliphatic rings. The Bertz CT molecular complexity index is 2280. The van der Waals surface area contributed by atoms with E-state index in [0.29, 0.717) is 25.7 Å². The van der Waals surface area contributed by atoms with Crippen LogP contribution in [-0.2, 0) is 28.7 Å². The monoisotopic (exact) mass is 910 g/mol. The van der Waals surface area contributed by atoms with Gasteiger partial charge in [0.1, 0.15) is 34.8 Å². The van der Waals surface area contributed by atoms with Gasteiger partial charge in [0.15, 0.2) is 11.5 Å². The zero-order valence-electron chi connectivity index (χ0n) is 36.1. The molecule has 0 spiro atoms. The summed E-state index contributed by atoms with van der Waals surface area (Å²) in [6.07, 6.45) is 1.66. The average molecular weight is 911 g/mol. The van der Waals surface area contributed by atoms with Gasteiger partial charge in [-0.25, -0.2) is 38.5 Å². The summed E-state index contributed by atoms with van der Waals surface area (Å²) in [7, 11) is 0. The first-order chi connectivity index (χ1) is 32.0. The van der Waals surface area contributed by atoms with Gasteiger partial charge in [-0.15, -0.1) is 0 Å². The van der Waals surface area contributed by atoms with Crippen molar-refractivity contribution < 1.29 is 86.0 Å². The smallest absolute Gasteiger partial charge is 0.434 e. The number of rotatable bonds is 14. The molecule has 0 aliphatic heterocycles. The molecule has 0 unspecified atom stereocenters. The second kappa shape index (κ2) is 23.3. The predicted molar refractivity (Wildman–Crippen MR) is 227 cm³/mol. The van der Waals surface area contributed by atoms with E-state index in [1.54, 1.807) is 13.8 Å². The Kier molecular flexibility index (Phi) is 16.8. The van der Waals surface area contributed by atoms with Gasteiger partial charge in [-0.05, 0) is 114 Å². The molecule has 0 atom stereocenters. The number of carbonyl (C=O) groups is 8. The average Bonchev–Trinajstić information content (AvgIpc) is 3.31. The molecular weight excluding hydrogens is 865 g/mol. The highest BCUT2D eigenvalue weighted by Gasteiger charge is 2.32. The second-order valence-corrected chi connectivity index (χ2v) is 14.8. The quantitative estimate of drug-likeness (QED) is 0.0286. The third-order valence-electron chi connectivity index (χ3n) is 10.3. The number of carbonyl (C=O) groups excluding carboxylic acids is 8. The Morgan fingerprint density at radius 1 is 0.409 bits per heavy atom. The maximum absolute atomic E-state index is 14.2. The molecule has 66 heavy (non-hydrogen) atoms. The van der Waals surface area contributed by atoms with Crippen LogP contribution in [0.2, 0.25) is 0 Å². The van der Waals surface area contributed by atoms with Crippen LogP contribution in [0.5, 0.6) is 23.0 Å². The van der Waals surface area contributed by atoms with Crippen LogP contribution in [0.4, 0.5) is 19.2 Å². The van der Waals surface area contributed by atoms with Crippen LogP contribution in [-0.4, -0.2) is 73.5 Å². The number of para-hydroxylation sites is 4. The van der Waals surface area contributed by atoms with Gasteiger partial charge in [0, 0.05) is 0 Å². The predicted octanol–water partition coefficient (Wildman–Crippen LogP) is 9.84. The van der Waals surface area contributed by atoms with E-state index in [1.807, 2.05) is 0 Å². The summed E-state index contributed by atoms with van der Waals surface area (Å²) in [5.41, 5.74) is -2.33. The van der Waals surface area contributed by atoms with Crippen LogP contribution in [0.25, 0.3) is 0 Å². The summed E-state index contributed by atoms with van der Waals surface area (Å²) in [5, 5.41) is 0. The first kappa shape index (κ1) is 47.7. The van der Waals surface area contributed by atoms with Crippen molar-refractivity contribution in [3.63, 3.8) is 0 Å². The van der Waals surface area contributed by atoms with Crippen LogP contribution in [0, 0.1) is 0 Å². The van der Waals surface area contributed by atoms with Gasteiger partial charge in [-0.3, -0.25) is 9.59 Å². The molecule has 2 saturated carbocycles. The van der Waals surface area contributed by atoms with Crippen molar-refractivity contribution in [1.29, 1.82) is 0 Å². The lowest BCUT2D eigenvalue weighted by atomic mass is 9.98. The summed E-state index contributed by atoms with van der Waals surface area (Å²) >= 11 is 0. The zero-order chi connectivity index (χ0) is 47.0. The molecule has 18 heteroatoms. The first-order valence-electron chi connectivity index (χ1n) is 21.4. The van der Waals surface area contributed by atoms with E-state index in [9.17, 15) is 38.4 Å². The molecule has 0 radical (unpaired) electrons. The molecule has 2 aliphatic carbocycles. The lowest BCUT2D eigenvalue weighted by Crippen LogP contribution is -2.25. The molecule has 0 aromatic heterocycles. The van der Waals surface area contributed by atoms with Crippen molar-refractivity contribution in [3.8, 4) is 23.0 Å². The number of hydrogen-bond acceptors (Lipinski definition) is 18. The number of ketones is 2. The van der Waals surface area contributed by atoms with E-state index in [1.165, 1.54) is 72.8 Å². The van der Waals surface area contributed by atoms with Crippen LogP contribution in [0.15, 0.2) is 84.9 Å². The van der Waals surface area contributed by atoms with Gasteiger partial charge in [-0.1, -0.05) is 49.2 Å². The van der Waals surface area contributed by atoms with Crippen molar-refractivity contribution in [2.24, 2.45) is 0 Å². The second-order valence-electron chi connectivity index (χ2n) is 14.8. The summed E-state index contributed by atoms with van der Waals surface area (Å²) in [5.74, 6) is -6.39. The SMILES string of the molecule is CCOC(=O)Oc1ccccc1C(=O)c1cccc(C(=O)OOC(=O)c2cccc(C(=O)c3ccccc3OC(=O)OCC)c2OC(=O)OC2CCCCC2)c1OC(=O)OC1CCCCC1. The number of benzene rings is 4. The summed E-state index contributed by atoms with van der Waals surface area (Å²) in [6.45, 7) is 3.09. The van der Waals surface area contributed by atoms with Crippen molar-refractivity contribution in [1.82, 2.24) is 0 Å². The Balaban J connectivity index is 1.31. The minimum Gasteiger partial charge on any atom is -0.434 e. The van der Waals surface area contributed by atoms with Gasteiger partial charge in [0.2, 0.25) is 11.6 Å². The van der Waals surface area contributed by atoms with Crippen LogP contribution < -0.4 is 18.9 Å². The van der Waals surface area contributed by atoms with Gasteiger partial charge >= 0.3 is 36.6 Å². The molecule has 0 saturated heterocycles. The topological polar surface area (TPSA) is 229 Å². The molecule has 4 aromatic carbocycles. The highest BCUT2D eigenvalue weighted by Crippen LogP contribution is 2.34. The van der Waals surface area contributed by atoms with E-state index < -0.39 is 83.0 Å². The maximum Gasteiger partial charge on any atom is 0.514 e. The van der Waals surface area contributed by atoms with E-state index in [2.05, 4.69) is 0 Å². The van der Waals surface area contributed by atoms with E-state index in [4.69, 9.17) is 47.7 Å². The van der Waals surface area contributed by atoms with Gasteiger partial charge in [0.05, 0.1) is 35.5 Å². The minimum absolute atomic E-state index is 0.0157. The number of hydrogen-bond donors (Lipinski definition) is 0. The van der Waals surface area contributed by atoms with Crippen LogP contribution in [0.1, 0.15) is 131 Å². The maximum atomic E-state index is 14.2. The fourth-order valence-electron chi connectivity index (χ4n) is 7.24. The molecule has 0 bridgehead atoms. The van der Waals surface area contributed by atoms with E-state index in [-0.39, 0.29) is 47.0 Å². The normalized spacial score (nSPS) is 13.8. The Labute approximate surface area is 378 Å². The summed E-state index contributed by atoms with van der Waals surface area (Å²) < 4.78 is 42.3. The largest absolute Gasteiger partial charge is 0.514 e. The van der Waals surface area contributed by atoms with E-state index in [0.717, 1.165) is 50.7 Å². The van der Waals surface area contributed by atoms with Crippen molar-refractivity contribution in [2.75, 3.05) is 13.2 Å². The van der Waals surface area contributed by atoms with Gasteiger partial charge in [-0.2, -0.15) is 0 Å². The Morgan fingerprint density at radius 3 is 1.14 bits per heavy atom. The van der Waals surface area contributed by atoms with E-state index >= 15 is 0 Å². The zero-order valence-corrected chi connectivity index (χ0v) is 36.1. The lowest BCUT2D eigenvalue weighted by Gasteiger charge is -2.22. The van der Waals surface area contributed by atoms with Gasteiger partial charge < -0.3 is 37.9 Å². The number of ether oxygens (including phenoxy) is 8. The molecule has 2 fully saturated rings. The molecule has 0 N–H and O–H groups in total. The Hall–Kier alpha value is -7.76. The lowest BCUT2D eigenvalue weighted by molar-refractivity contribution is -0.187. The molecule has 4 aromatic rings. The Morgan fingerprint density at radius 2 is 0.758 bits per heavy atom. The highest BCUT2D eigenvalue weighted by molar-refractivity contribution is 6.15. The van der Waals surface area contributed by atoms with Crippen molar-refractivity contribution in [2.45, 2.75) is 90.3 Å². The third-order valence-corrected chi connectivity index (χ3v) is 10.3. The van der Waals surface area contributed by atoms with Gasteiger partial charge in [0.25, 0.3) is 0 Å². The van der Waals surface area contributed by atoms with Crippen LogP contribution >= 0.6 is 0 Å². The summed E-state index contributed by atoms with van der Waals surface area (Å²) in [6, 6.07) is 18.4. The highest BCUT2D eigenvalue weighted by atomic mass is 17.2. The molecule has 346 valence electrons. The fourth-order valence-corrected chi connectivity index (χ4v) is 7.24. The van der Waals surface area contributed by atoms with Crippen molar-refractivity contribution in [3.05, 3.63) is 118 Å². The van der Waals surface area contributed by atoms with Crippen LogP contribution in [0.3, 0.4) is 0 Å². The molecule has 6 rings (SSSR count). The molecule has 18 nitrogen and oxygen atoms in total. The fraction of sp³-hybridized carbons (Fsp3) is 0.333. The summed E-state index contributed by atoms with van der Waals surface area (Å²) in [4.78, 5) is 117. The minimum atomic E-state index is -1.45. The first-order valence-corrected chi connectivity index (χ1v) is 21.4.